The number of aromatic nitrogens is 2. The molecule has 0 saturated carbocycles. The average molecular weight is 352 g/mol. The highest BCUT2D eigenvalue weighted by Gasteiger charge is 2.20. The van der Waals surface area contributed by atoms with Gasteiger partial charge in [0.25, 0.3) is 5.91 Å². The van der Waals surface area contributed by atoms with Gasteiger partial charge >= 0.3 is 0 Å². The third-order valence-electron chi connectivity index (χ3n) is 4.33. The van der Waals surface area contributed by atoms with Crippen LogP contribution >= 0.6 is 11.3 Å². The van der Waals surface area contributed by atoms with Gasteiger partial charge < -0.3 is 0 Å². The smallest absolute Gasteiger partial charge is 0.283 e. The molecule has 0 radical (unpaired) electrons. The predicted octanol–water partition coefficient (Wildman–Crippen LogP) is 3.73. The molecule has 1 amide bonds. The minimum absolute atomic E-state index is 0.110. The van der Waals surface area contributed by atoms with Crippen LogP contribution in [-0.4, -0.2) is 33.8 Å². The number of nitrogens with zero attached hydrogens (tertiary/aromatic N) is 3. The monoisotopic (exact) mass is 352 g/mol. The molecule has 25 heavy (non-hydrogen) atoms. The van der Waals surface area contributed by atoms with Gasteiger partial charge in [-0.1, -0.05) is 30.7 Å². The Kier molecular flexibility index (Phi) is 4.63. The van der Waals surface area contributed by atoms with Crippen molar-refractivity contribution in [1.82, 2.24) is 20.2 Å². The van der Waals surface area contributed by atoms with Gasteiger partial charge in [-0.3, -0.25) is 10.2 Å². The van der Waals surface area contributed by atoms with Gasteiger partial charge in [-0.25, -0.2) is 9.69 Å². The summed E-state index contributed by atoms with van der Waals surface area (Å²) in [7, 11) is 0. The summed E-state index contributed by atoms with van der Waals surface area (Å²) < 4.78 is 1.73. The van der Waals surface area contributed by atoms with Crippen LogP contribution in [0.3, 0.4) is 0 Å². The quantitative estimate of drug-likeness (QED) is 0.778. The minimum Gasteiger partial charge on any atom is -0.283 e. The van der Waals surface area contributed by atoms with Gasteiger partial charge in [0.05, 0.1) is 10.6 Å². The average Bonchev–Trinajstić information content (AvgIpc) is 3.33. The molecule has 2 aromatic heterocycles. The molecular formula is C19H20N4OS. The first kappa shape index (κ1) is 16.1. The number of hydrazine groups is 1. The van der Waals surface area contributed by atoms with E-state index in [1.165, 1.54) is 6.42 Å². The number of para-hydroxylation sites is 1. The molecule has 1 saturated heterocycles. The molecule has 5 nitrogen and oxygen atoms in total. The summed E-state index contributed by atoms with van der Waals surface area (Å²) >= 11 is 1.62. The van der Waals surface area contributed by atoms with Crippen molar-refractivity contribution >= 4 is 17.2 Å². The van der Waals surface area contributed by atoms with Crippen molar-refractivity contribution in [2.75, 3.05) is 13.1 Å². The van der Waals surface area contributed by atoms with Crippen LogP contribution in [0.5, 0.6) is 0 Å². The van der Waals surface area contributed by atoms with Crippen molar-refractivity contribution < 1.29 is 4.79 Å². The number of hydrogen-bond donors (Lipinski definition) is 1. The van der Waals surface area contributed by atoms with E-state index in [2.05, 4.69) is 10.5 Å². The minimum atomic E-state index is -0.110. The number of rotatable bonds is 4. The SMILES string of the molecule is O=C(NN1CCCCC1)c1cc(-c2cccs2)nn1-c1ccccc1. The first-order chi connectivity index (χ1) is 12.3. The van der Waals surface area contributed by atoms with Crippen molar-refractivity contribution in [2.45, 2.75) is 19.3 Å². The molecular weight excluding hydrogens is 332 g/mol. The molecule has 1 aliphatic rings. The van der Waals surface area contributed by atoms with Crippen LogP contribution in [0.15, 0.2) is 53.9 Å². The zero-order valence-electron chi connectivity index (χ0n) is 13.9. The fourth-order valence-electron chi connectivity index (χ4n) is 3.06. The third kappa shape index (κ3) is 3.50. The maximum Gasteiger partial charge on any atom is 0.284 e. The van der Waals surface area contributed by atoms with Crippen LogP contribution in [-0.2, 0) is 0 Å². The summed E-state index contributed by atoms with van der Waals surface area (Å²) in [6.45, 7) is 1.81. The number of thiophene rings is 1. The molecule has 1 fully saturated rings. The summed E-state index contributed by atoms with van der Waals surface area (Å²) in [6, 6.07) is 15.7. The number of carbonyl (C=O) groups excluding carboxylic acids is 1. The van der Waals surface area contributed by atoms with Gasteiger partial charge in [-0.05, 0) is 42.5 Å². The third-order valence-corrected chi connectivity index (χ3v) is 5.22. The number of benzene rings is 1. The standard InChI is InChI=1S/C19H20N4OS/c24-19(21-22-11-5-2-6-12-22)17-14-16(18-10-7-13-25-18)20-23(17)15-8-3-1-4-9-15/h1,3-4,7-10,13-14H,2,5-6,11-12H2,(H,21,24). The molecule has 0 bridgehead atoms. The van der Waals surface area contributed by atoms with E-state index in [4.69, 9.17) is 0 Å². The van der Waals surface area contributed by atoms with Gasteiger partial charge in [0.1, 0.15) is 11.4 Å². The highest BCUT2D eigenvalue weighted by Crippen LogP contribution is 2.25. The van der Waals surface area contributed by atoms with Crippen LogP contribution < -0.4 is 5.43 Å². The molecule has 3 heterocycles. The second kappa shape index (κ2) is 7.21. The lowest BCUT2D eigenvalue weighted by Gasteiger charge is -2.26. The number of amides is 1. The molecule has 0 unspecified atom stereocenters. The number of carbonyl (C=O) groups is 1. The van der Waals surface area contributed by atoms with Crippen molar-refractivity contribution in [2.24, 2.45) is 0 Å². The first-order valence-corrected chi connectivity index (χ1v) is 9.44. The lowest BCUT2D eigenvalue weighted by atomic mass is 10.2. The second-order valence-corrected chi connectivity index (χ2v) is 7.08. The molecule has 6 heteroatoms. The Balaban J connectivity index is 1.68. The van der Waals surface area contributed by atoms with Crippen LogP contribution in [0.1, 0.15) is 29.8 Å². The van der Waals surface area contributed by atoms with E-state index in [0.29, 0.717) is 5.69 Å². The summed E-state index contributed by atoms with van der Waals surface area (Å²) in [4.78, 5) is 13.9. The largest absolute Gasteiger partial charge is 0.284 e. The molecule has 0 aliphatic carbocycles. The van der Waals surface area contributed by atoms with Crippen LogP contribution in [0.2, 0.25) is 0 Å². The second-order valence-electron chi connectivity index (χ2n) is 6.13. The normalized spacial score (nSPS) is 15.2. The molecule has 0 spiro atoms. The number of nitrogens with one attached hydrogen (secondary N) is 1. The van der Waals surface area contributed by atoms with Crippen LogP contribution in [0.4, 0.5) is 0 Å². The lowest BCUT2D eigenvalue weighted by Crippen LogP contribution is -2.45. The fraction of sp³-hybridized carbons (Fsp3) is 0.263. The molecule has 128 valence electrons. The Morgan fingerprint density at radius 3 is 2.56 bits per heavy atom. The zero-order chi connectivity index (χ0) is 17.1. The summed E-state index contributed by atoms with van der Waals surface area (Å²) in [5.41, 5.74) is 5.30. The van der Waals surface area contributed by atoms with Gasteiger partial charge in [-0.15, -0.1) is 11.3 Å². The summed E-state index contributed by atoms with van der Waals surface area (Å²) in [5, 5.41) is 8.72. The molecule has 4 rings (SSSR count). The van der Waals surface area contributed by atoms with E-state index in [1.54, 1.807) is 16.0 Å². The van der Waals surface area contributed by atoms with E-state index in [0.717, 1.165) is 42.2 Å². The fourth-order valence-corrected chi connectivity index (χ4v) is 3.74. The predicted molar refractivity (Wildman–Crippen MR) is 99.8 cm³/mol. The Hall–Kier alpha value is -2.44. The molecule has 1 aromatic carbocycles. The Morgan fingerprint density at radius 1 is 1.04 bits per heavy atom. The van der Waals surface area contributed by atoms with E-state index in [9.17, 15) is 4.79 Å². The zero-order valence-corrected chi connectivity index (χ0v) is 14.7. The van der Waals surface area contributed by atoms with Crippen molar-refractivity contribution in [3.63, 3.8) is 0 Å². The number of piperidine rings is 1. The van der Waals surface area contributed by atoms with E-state index in [-0.39, 0.29) is 5.91 Å². The summed E-state index contributed by atoms with van der Waals surface area (Å²) in [6.07, 6.45) is 3.48. The Bertz CT molecular complexity index is 836. The van der Waals surface area contributed by atoms with Crippen molar-refractivity contribution in [3.8, 4) is 16.3 Å². The van der Waals surface area contributed by atoms with E-state index in [1.807, 2.05) is 58.9 Å². The van der Waals surface area contributed by atoms with Crippen molar-refractivity contribution in [3.05, 3.63) is 59.6 Å². The lowest BCUT2D eigenvalue weighted by molar-refractivity contribution is 0.0742. The van der Waals surface area contributed by atoms with E-state index < -0.39 is 0 Å². The van der Waals surface area contributed by atoms with Gasteiger partial charge in [0.15, 0.2) is 0 Å². The molecule has 1 N–H and O–H groups in total. The maximum absolute atomic E-state index is 12.9. The van der Waals surface area contributed by atoms with Crippen LogP contribution in [0.25, 0.3) is 16.3 Å². The Labute approximate surface area is 150 Å². The van der Waals surface area contributed by atoms with Crippen LogP contribution in [0, 0.1) is 0 Å². The number of hydrogen-bond acceptors (Lipinski definition) is 4. The highest BCUT2D eigenvalue weighted by atomic mass is 32.1. The van der Waals surface area contributed by atoms with Gasteiger partial charge in [0.2, 0.25) is 0 Å². The molecule has 1 aliphatic heterocycles. The topological polar surface area (TPSA) is 50.2 Å². The summed E-state index contributed by atoms with van der Waals surface area (Å²) in [5.74, 6) is -0.110. The first-order valence-electron chi connectivity index (χ1n) is 8.56. The van der Waals surface area contributed by atoms with Gasteiger partial charge in [-0.2, -0.15) is 5.10 Å². The maximum atomic E-state index is 12.9. The van der Waals surface area contributed by atoms with E-state index >= 15 is 0 Å². The highest BCUT2D eigenvalue weighted by molar-refractivity contribution is 7.13. The Morgan fingerprint density at radius 2 is 1.84 bits per heavy atom. The molecule has 0 atom stereocenters. The van der Waals surface area contributed by atoms with Gasteiger partial charge in [0, 0.05) is 13.1 Å². The van der Waals surface area contributed by atoms with Crippen molar-refractivity contribution in [1.29, 1.82) is 0 Å². The molecule has 3 aromatic rings.